The molecule has 3 N–H and O–H groups in total. The van der Waals surface area contributed by atoms with Crippen molar-refractivity contribution in [3.05, 3.63) is 29.3 Å². The molecule has 1 aromatic rings. The van der Waals surface area contributed by atoms with Crippen LogP contribution < -0.4 is 11.1 Å². The molecule has 3 nitrogen and oxygen atoms in total. The third kappa shape index (κ3) is 3.15. The SMILES string of the molecule is CC(C)C(C)NC(=O)c1cc(F)cc(N)c1F. The molecule has 0 aliphatic rings. The minimum Gasteiger partial charge on any atom is -0.396 e. The largest absolute Gasteiger partial charge is 0.396 e. The van der Waals surface area contributed by atoms with Gasteiger partial charge in [0.25, 0.3) is 5.91 Å². The number of nitrogens with two attached hydrogens (primary N) is 1. The minimum absolute atomic E-state index is 0.133. The van der Waals surface area contributed by atoms with Crippen LogP contribution in [0.4, 0.5) is 14.5 Å². The van der Waals surface area contributed by atoms with Gasteiger partial charge in [0.1, 0.15) is 5.82 Å². The number of carbonyl (C=O) groups excluding carboxylic acids is 1. The minimum atomic E-state index is -0.889. The number of hydrogen-bond donors (Lipinski definition) is 2. The number of benzene rings is 1. The molecular weight excluding hydrogens is 226 g/mol. The van der Waals surface area contributed by atoms with Gasteiger partial charge in [-0.05, 0) is 25.0 Å². The van der Waals surface area contributed by atoms with E-state index < -0.39 is 17.5 Å². The topological polar surface area (TPSA) is 55.1 Å². The summed E-state index contributed by atoms with van der Waals surface area (Å²) in [5.74, 6) is -2.08. The highest BCUT2D eigenvalue weighted by Crippen LogP contribution is 2.17. The van der Waals surface area contributed by atoms with E-state index in [1.807, 2.05) is 13.8 Å². The van der Waals surface area contributed by atoms with Gasteiger partial charge in [-0.25, -0.2) is 8.78 Å². The van der Waals surface area contributed by atoms with Crippen molar-refractivity contribution in [3.63, 3.8) is 0 Å². The first-order chi connectivity index (χ1) is 7.82. The van der Waals surface area contributed by atoms with Crippen LogP contribution in [0.15, 0.2) is 12.1 Å². The van der Waals surface area contributed by atoms with Crippen LogP contribution in [0.5, 0.6) is 0 Å². The highest BCUT2D eigenvalue weighted by Gasteiger charge is 2.18. The second-order valence-electron chi connectivity index (χ2n) is 4.36. The van der Waals surface area contributed by atoms with Crippen molar-refractivity contribution in [2.24, 2.45) is 5.92 Å². The van der Waals surface area contributed by atoms with Gasteiger partial charge >= 0.3 is 0 Å². The fourth-order valence-electron chi connectivity index (χ4n) is 1.23. The summed E-state index contributed by atoms with van der Waals surface area (Å²) in [5.41, 5.74) is 4.52. The van der Waals surface area contributed by atoms with E-state index in [2.05, 4.69) is 5.32 Å². The Bertz CT molecular complexity index is 433. The molecule has 1 aromatic carbocycles. The van der Waals surface area contributed by atoms with Crippen LogP contribution in [0.25, 0.3) is 0 Å². The third-order valence-electron chi connectivity index (χ3n) is 2.67. The van der Waals surface area contributed by atoms with Crippen LogP contribution in [0, 0.1) is 17.6 Å². The van der Waals surface area contributed by atoms with Gasteiger partial charge < -0.3 is 11.1 Å². The average molecular weight is 242 g/mol. The zero-order chi connectivity index (χ0) is 13.2. The fourth-order valence-corrected chi connectivity index (χ4v) is 1.23. The van der Waals surface area contributed by atoms with Crippen LogP contribution >= 0.6 is 0 Å². The van der Waals surface area contributed by atoms with Crippen LogP contribution in [-0.2, 0) is 0 Å². The van der Waals surface area contributed by atoms with Crippen LogP contribution in [0.3, 0.4) is 0 Å². The maximum Gasteiger partial charge on any atom is 0.254 e. The maximum atomic E-state index is 13.5. The Morgan fingerprint density at radius 3 is 2.41 bits per heavy atom. The number of anilines is 1. The third-order valence-corrected chi connectivity index (χ3v) is 2.67. The Labute approximate surface area is 99.0 Å². The molecule has 0 spiro atoms. The van der Waals surface area contributed by atoms with Gasteiger partial charge in [0.15, 0.2) is 5.82 Å². The Balaban J connectivity index is 2.97. The second-order valence-corrected chi connectivity index (χ2v) is 4.36. The molecule has 17 heavy (non-hydrogen) atoms. The molecule has 0 aromatic heterocycles. The van der Waals surface area contributed by atoms with Gasteiger partial charge in [0, 0.05) is 6.04 Å². The van der Waals surface area contributed by atoms with Crippen LogP contribution in [-0.4, -0.2) is 11.9 Å². The predicted molar refractivity (Wildman–Crippen MR) is 62.5 cm³/mol. The number of halogens is 2. The number of hydrogen-bond acceptors (Lipinski definition) is 2. The lowest BCUT2D eigenvalue weighted by Gasteiger charge is -2.17. The number of carbonyl (C=O) groups is 1. The average Bonchev–Trinajstić information content (AvgIpc) is 2.22. The number of nitrogens with one attached hydrogen (secondary N) is 1. The molecule has 0 fully saturated rings. The summed E-state index contributed by atoms with van der Waals surface area (Å²) in [6.45, 7) is 5.63. The molecule has 0 aliphatic heterocycles. The summed E-state index contributed by atoms with van der Waals surface area (Å²) < 4.78 is 26.6. The number of nitrogen functional groups attached to an aromatic ring is 1. The lowest BCUT2D eigenvalue weighted by Crippen LogP contribution is -2.36. The lowest BCUT2D eigenvalue weighted by molar-refractivity contribution is 0.0926. The number of amides is 1. The van der Waals surface area contributed by atoms with Crippen molar-refractivity contribution < 1.29 is 13.6 Å². The predicted octanol–water partition coefficient (Wildman–Crippen LogP) is 2.32. The van der Waals surface area contributed by atoms with E-state index in [1.165, 1.54) is 0 Å². The number of rotatable bonds is 3. The molecule has 1 amide bonds. The smallest absolute Gasteiger partial charge is 0.254 e. The highest BCUT2D eigenvalue weighted by atomic mass is 19.1. The van der Waals surface area contributed by atoms with Gasteiger partial charge in [-0.3, -0.25) is 4.79 Å². The summed E-state index contributed by atoms with van der Waals surface area (Å²) in [6, 6.07) is 1.55. The van der Waals surface area contributed by atoms with E-state index >= 15 is 0 Å². The monoisotopic (exact) mass is 242 g/mol. The van der Waals surface area contributed by atoms with E-state index in [1.54, 1.807) is 6.92 Å². The van der Waals surface area contributed by atoms with Crippen molar-refractivity contribution in [2.45, 2.75) is 26.8 Å². The first kappa shape index (κ1) is 13.4. The molecule has 1 rings (SSSR count). The van der Waals surface area contributed by atoms with E-state index in [9.17, 15) is 13.6 Å². The van der Waals surface area contributed by atoms with Crippen LogP contribution in [0.2, 0.25) is 0 Å². The Kier molecular flexibility index (Phi) is 4.04. The Hall–Kier alpha value is -1.65. The normalized spacial score (nSPS) is 12.6. The molecule has 94 valence electrons. The first-order valence-electron chi connectivity index (χ1n) is 5.38. The van der Waals surface area contributed by atoms with Gasteiger partial charge in [-0.1, -0.05) is 13.8 Å². The molecule has 0 radical (unpaired) electrons. The summed E-state index contributed by atoms with van der Waals surface area (Å²) in [4.78, 5) is 11.7. The van der Waals surface area contributed by atoms with Crippen molar-refractivity contribution in [3.8, 4) is 0 Å². The molecule has 0 saturated heterocycles. The molecule has 0 heterocycles. The van der Waals surface area contributed by atoms with Gasteiger partial charge in [0.05, 0.1) is 11.3 Å². The zero-order valence-electron chi connectivity index (χ0n) is 10.1. The van der Waals surface area contributed by atoms with E-state index in [-0.39, 0.29) is 23.2 Å². The Morgan fingerprint density at radius 2 is 1.88 bits per heavy atom. The first-order valence-corrected chi connectivity index (χ1v) is 5.38. The molecule has 0 bridgehead atoms. The second kappa shape index (κ2) is 5.12. The van der Waals surface area contributed by atoms with Crippen molar-refractivity contribution in [2.75, 3.05) is 5.73 Å². The molecular formula is C12H16F2N2O. The molecule has 0 aliphatic carbocycles. The molecule has 0 saturated carbocycles. The Morgan fingerprint density at radius 1 is 1.29 bits per heavy atom. The van der Waals surface area contributed by atoms with Crippen molar-refractivity contribution >= 4 is 11.6 Å². The lowest BCUT2D eigenvalue weighted by atomic mass is 10.1. The zero-order valence-corrected chi connectivity index (χ0v) is 10.1. The van der Waals surface area contributed by atoms with E-state index in [0.717, 1.165) is 12.1 Å². The van der Waals surface area contributed by atoms with Gasteiger partial charge in [0.2, 0.25) is 0 Å². The van der Waals surface area contributed by atoms with Crippen molar-refractivity contribution in [1.82, 2.24) is 5.32 Å². The molecule has 1 unspecified atom stereocenters. The molecule has 5 heteroatoms. The van der Waals surface area contributed by atoms with Crippen LogP contribution in [0.1, 0.15) is 31.1 Å². The standard InChI is InChI=1S/C12H16F2N2O/c1-6(2)7(3)16-12(17)9-4-8(13)5-10(15)11(9)14/h4-7H,15H2,1-3H3,(H,16,17). The summed E-state index contributed by atoms with van der Waals surface area (Å²) >= 11 is 0. The maximum absolute atomic E-state index is 13.5. The summed E-state index contributed by atoms with van der Waals surface area (Å²) in [6.07, 6.45) is 0. The van der Waals surface area contributed by atoms with Gasteiger partial charge in [-0.15, -0.1) is 0 Å². The highest BCUT2D eigenvalue weighted by molar-refractivity contribution is 5.95. The van der Waals surface area contributed by atoms with E-state index in [0.29, 0.717) is 0 Å². The van der Waals surface area contributed by atoms with Gasteiger partial charge in [-0.2, -0.15) is 0 Å². The molecule has 1 atom stereocenters. The van der Waals surface area contributed by atoms with E-state index in [4.69, 9.17) is 5.73 Å². The van der Waals surface area contributed by atoms with Crippen molar-refractivity contribution in [1.29, 1.82) is 0 Å². The summed E-state index contributed by atoms with van der Waals surface area (Å²) in [7, 11) is 0. The fraction of sp³-hybridized carbons (Fsp3) is 0.417. The quantitative estimate of drug-likeness (QED) is 0.799. The summed E-state index contributed by atoms with van der Waals surface area (Å²) in [5, 5.41) is 2.59.